The van der Waals surface area contributed by atoms with E-state index in [1.165, 1.54) is 8.33 Å². The molecule has 0 radical (unpaired) electrons. The summed E-state index contributed by atoms with van der Waals surface area (Å²) < 4.78 is 2.42. The van der Waals surface area contributed by atoms with E-state index in [4.69, 9.17) is 0 Å². The molecule has 0 fully saturated rings. The molecule has 2 rings (SSSR count). The molecule has 2 nitrogen and oxygen atoms in total. The van der Waals surface area contributed by atoms with Gasteiger partial charge in [-0.05, 0) is 0 Å². The van der Waals surface area contributed by atoms with Crippen LogP contribution in [0.25, 0.3) is 0 Å². The fourth-order valence-electron chi connectivity index (χ4n) is 0.895. The predicted molar refractivity (Wildman–Crippen MR) is 47.7 cm³/mol. The first-order valence-corrected chi connectivity index (χ1v) is 6.63. The molecule has 0 atom stereocenters. The van der Waals surface area contributed by atoms with Crippen molar-refractivity contribution < 1.29 is 18.0 Å². The molecule has 0 aromatic carbocycles. The van der Waals surface area contributed by atoms with E-state index in [1.54, 1.807) is 0 Å². The number of nitrogens with zero attached hydrogens (tertiary/aromatic N) is 2. The van der Waals surface area contributed by atoms with Gasteiger partial charge in [-0.3, -0.25) is 0 Å². The Balaban J connectivity index is 2.16. The molecule has 0 aliphatic carbocycles. The summed E-state index contributed by atoms with van der Waals surface area (Å²) in [5.41, 5.74) is 0. The summed E-state index contributed by atoms with van der Waals surface area (Å²) in [7, 11) is 0. The third-order valence-electron chi connectivity index (χ3n) is 1.45. The van der Waals surface area contributed by atoms with Gasteiger partial charge in [0.15, 0.2) is 0 Å². The molecule has 3 heteroatoms. The van der Waals surface area contributed by atoms with Crippen molar-refractivity contribution in [2.45, 2.75) is 0 Å². The summed E-state index contributed by atoms with van der Waals surface area (Å²) in [5.74, 6) is 0. The quantitative estimate of drug-likeness (QED) is 0.795. The maximum absolute atomic E-state index is 4.30. The zero-order chi connectivity index (χ0) is 8.93. The third-order valence-corrected chi connectivity index (χ3v) is 4.45. The summed E-state index contributed by atoms with van der Waals surface area (Å²) in [6, 6.07) is 12.1. The van der Waals surface area contributed by atoms with Gasteiger partial charge in [0.1, 0.15) is 0 Å². The predicted octanol–water partition coefficient (Wildman–Crippen LogP) is 0.510. The number of hydrogen-bond acceptors (Lipinski definition) is 2. The van der Waals surface area contributed by atoms with Gasteiger partial charge in [0, 0.05) is 0 Å². The molecule has 0 spiro atoms. The average molecular weight is 342 g/mol. The van der Waals surface area contributed by atoms with Crippen molar-refractivity contribution in [1.29, 1.82) is 0 Å². The molecule has 0 amide bonds. The number of aromatic nitrogens is 2. The van der Waals surface area contributed by atoms with E-state index < -0.39 is 18.0 Å². The van der Waals surface area contributed by atoms with Gasteiger partial charge >= 0.3 is 85.1 Å². The van der Waals surface area contributed by atoms with Gasteiger partial charge in [-0.25, -0.2) is 0 Å². The summed E-state index contributed by atoms with van der Waals surface area (Å²) in [6.45, 7) is 0. The van der Waals surface area contributed by atoms with Crippen molar-refractivity contribution in [3.63, 3.8) is 0 Å². The van der Waals surface area contributed by atoms with Crippen LogP contribution in [0.2, 0.25) is 0 Å². The second-order valence-electron chi connectivity index (χ2n) is 2.40. The van der Waals surface area contributed by atoms with E-state index in [0.717, 1.165) is 0 Å². The van der Waals surface area contributed by atoms with Crippen LogP contribution in [0.5, 0.6) is 0 Å². The first-order valence-electron chi connectivity index (χ1n) is 3.92. The molecule has 2 aromatic rings. The van der Waals surface area contributed by atoms with Crippen molar-refractivity contribution in [3.8, 4) is 0 Å². The Bertz CT molecular complexity index is 324. The minimum atomic E-state index is -0.583. The molecule has 13 heavy (non-hydrogen) atoms. The zero-order valence-corrected chi connectivity index (χ0v) is 9.61. The van der Waals surface area contributed by atoms with Crippen LogP contribution in [-0.4, -0.2) is 9.97 Å². The van der Waals surface area contributed by atoms with Crippen LogP contribution in [0.15, 0.2) is 48.8 Å². The van der Waals surface area contributed by atoms with E-state index in [-0.39, 0.29) is 0 Å². The van der Waals surface area contributed by atoms with Crippen molar-refractivity contribution in [2.24, 2.45) is 0 Å². The second-order valence-corrected chi connectivity index (χ2v) is 5.86. The fourth-order valence-corrected chi connectivity index (χ4v) is 3.34. The number of rotatable bonds is 2. The Hall–Kier alpha value is -1.04. The van der Waals surface area contributed by atoms with Crippen LogP contribution >= 0.6 is 0 Å². The monoisotopic (exact) mass is 343 g/mol. The van der Waals surface area contributed by atoms with Gasteiger partial charge in [-0.15, -0.1) is 0 Å². The maximum atomic E-state index is 4.30. The Morgan fingerprint density at radius 3 is 1.69 bits per heavy atom. The third kappa shape index (κ3) is 2.45. The van der Waals surface area contributed by atoms with E-state index in [0.29, 0.717) is 0 Å². The van der Waals surface area contributed by atoms with Crippen molar-refractivity contribution in [3.05, 3.63) is 48.8 Å². The van der Waals surface area contributed by atoms with E-state index in [9.17, 15) is 0 Å². The molecule has 0 unspecified atom stereocenters. The first-order chi connectivity index (χ1) is 6.45. The van der Waals surface area contributed by atoms with E-state index >= 15 is 0 Å². The van der Waals surface area contributed by atoms with Crippen LogP contribution in [0.3, 0.4) is 0 Å². The summed E-state index contributed by atoms with van der Waals surface area (Å²) in [4.78, 5) is 8.60. The second kappa shape index (κ2) is 4.27. The van der Waals surface area contributed by atoms with Crippen LogP contribution in [0, 0.1) is 0 Å². The number of pyridine rings is 2. The Morgan fingerprint density at radius 1 is 0.769 bits per heavy atom. The van der Waals surface area contributed by atoms with Gasteiger partial charge < -0.3 is 0 Å². The Labute approximate surface area is 85.2 Å². The van der Waals surface area contributed by atoms with Crippen molar-refractivity contribution in [1.82, 2.24) is 9.97 Å². The van der Waals surface area contributed by atoms with Gasteiger partial charge in [0.25, 0.3) is 0 Å². The van der Waals surface area contributed by atoms with Gasteiger partial charge in [-0.2, -0.15) is 0 Å². The Morgan fingerprint density at radius 2 is 1.31 bits per heavy atom. The standard InChI is InChI=1S/2C5H4N.Re/c2*1-2-4-6-5-3-1;/h2*1-4H;. The fraction of sp³-hybridized carbons (Fsp3) is 0. The zero-order valence-electron chi connectivity index (χ0n) is 6.89. The summed E-state index contributed by atoms with van der Waals surface area (Å²) >= 11 is -0.583. The molecule has 2 aromatic heterocycles. The minimum absolute atomic E-state index is 0.583. The van der Waals surface area contributed by atoms with Crippen molar-refractivity contribution in [2.75, 3.05) is 0 Å². The molecule has 0 saturated heterocycles. The molecular formula is C10H8N2Re. The topological polar surface area (TPSA) is 25.8 Å². The summed E-state index contributed by atoms with van der Waals surface area (Å²) in [6.07, 6.45) is 3.68. The van der Waals surface area contributed by atoms with Crippen molar-refractivity contribution >= 4 is 8.33 Å². The molecule has 2 heterocycles. The average Bonchev–Trinajstić information content (AvgIpc) is 2.21. The SMILES string of the molecule is c1cc[c]([Re][c]2ccccn2)nc1. The molecule has 0 N–H and O–H groups in total. The normalized spacial score (nSPS) is 9.85. The molecular weight excluding hydrogens is 334 g/mol. The van der Waals surface area contributed by atoms with E-state index in [2.05, 4.69) is 22.1 Å². The van der Waals surface area contributed by atoms with Crippen LogP contribution in [0.1, 0.15) is 0 Å². The summed E-state index contributed by atoms with van der Waals surface area (Å²) in [5, 5.41) is 0. The molecule has 0 aliphatic rings. The molecule has 65 valence electrons. The van der Waals surface area contributed by atoms with Gasteiger partial charge in [0.05, 0.1) is 0 Å². The van der Waals surface area contributed by atoms with Crippen LogP contribution < -0.4 is 8.33 Å². The molecule has 0 aliphatic heterocycles. The number of hydrogen-bond donors (Lipinski definition) is 0. The first kappa shape index (κ1) is 8.56. The van der Waals surface area contributed by atoms with Gasteiger partial charge in [0.2, 0.25) is 0 Å². The molecule has 0 bridgehead atoms. The van der Waals surface area contributed by atoms with Crippen LogP contribution in [0.4, 0.5) is 0 Å². The molecule has 0 saturated carbocycles. The van der Waals surface area contributed by atoms with E-state index in [1.807, 2.05) is 36.7 Å². The van der Waals surface area contributed by atoms with Gasteiger partial charge in [-0.1, -0.05) is 0 Å². The Kier molecular flexibility index (Phi) is 2.81. The van der Waals surface area contributed by atoms with Crippen LogP contribution in [-0.2, 0) is 18.0 Å².